The monoisotopic (exact) mass is 514 g/mol. The molecule has 5 nitrogen and oxygen atoms in total. The van der Waals surface area contributed by atoms with Gasteiger partial charge in [-0.2, -0.15) is 0 Å². The molecule has 0 N–H and O–H groups in total. The highest BCUT2D eigenvalue weighted by Crippen LogP contribution is 2.37. The van der Waals surface area contributed by atoms with Crippen LogP contribution >= 0.6 is 31.9 Å². The van der Waals surface area contributed by atoms with Gasteiger partial charge in [-0.05, 0) is 55.8 Å². The fraction of sp³-hybridized carbons (Fsp3) is 0.333. The van der Waals surface area contributed by atoms with Gasteiger partial charge in [0, 0.05) is 0 Å². The van der Waals surface area contributed by atoms with Gasteiger partial charge in [0.15, 0.2) is 5.41 Å². The van der Waals surface area contributed by atoms with Gasteiger partial charge in [0.25, 0.3) is 0 Å². The second kappa shape index (κ2) is 12.7. The van der Waals surface area contributed by atoms with Crippen LogP contribution in [0.2, 0.25) is 0 Å². The van der Waals surface area contributed by atoms with Crippen molar-refractivity contribution in [3.8, 4) is 0 Å². The molecule has 0 heterocycles. The number of benzene rings is 1. The summed E-state index contributed by atoms with van der Waals surface area (Å²) < 4.78 is 16.0. The Kier molecular flexibility index (Phi) is 11.0. The van der Waals surface area contributed by atoms with Crippen LogP contribution in [-0.2, 0) is 23.8 Å². The average Bonchev–Trinajstić information content (AvgIpc) is 2.71. The first-order valence-electron chi connectivity index (χ1n) is 8.51. The maximum absolute atomic E-state index is 12.4. The molecule has 28 heavy (non-hydrogen) atoms. The van der Waals surface area contributed by atoms with Crippen LogP contribution < -0.4 is 0 Å². The molecule has 0 fully saturated rings. The molecule has 0 aromatic heterocycles. The molecule has 0 amide bonds. The van der Waals surface area contributed by atoms with E-state index in [1.54, 1.807) is 0 Å². The number of halogens is 2. The Labute approximate surface area is 182 Å². The van der Waals surface area contributed by atoms with E-state index in [1.165, 1.54) is 20.3 Å². The Morgan fingerprint density at radius 3 is 2.21 bits per heavy atom. The highest BCUT2D eigenvalue weighted by Gasteiger charge is 2.48. The van der Waals surface area contributed by atoms with Gasteiger partial charge in [-0.1, -0.05) is 48.6 Å². The van der Waals surface area contributed by atoms with E-state index < -0.39 is 17.4 Å². The molecule has 0 saturated heterocycles. The summed E-state index contributed by atoms with van der Waals surface area (Å²) in [5.41, 5.74) is 0.243. The second-order valence-corrected chi connectivity index (χ2v) is 8.58. The third-order valence-electron chi connectivity index (χ3n) is 4.03. The lowest BCUT2D eigenvalue weighted by molar-refractivity contribution is -0.169. The predicted molar refractivity (Wildman–Crippen MR) is 117 cm³/mol. The van der Waals surface area contributed by atoms with Gasteiger partial charge in [-0.15, -0.1) is 6.58 Å². The number of ether oxygens (including phenoxy) is 3. The Morgan fingerprint density at radius 1 is 1.11 bits per heavy atom. The predicted octanol–water partition coefficient (Wildman–Crippen LogP) is 5.02. The quantitative estimate of drug-likeness (QED) is 0.179. The normalized spacial score (nSPS) is 11.1. The van der Waals surface area contributed by atoms with Gasteiger partial charge in [0.1, 0.15) is 0 Å². The molecule has 0 unspecified atom stereocenters. The zero-order chi connectivity index (χ0) is 21.0. The van der Waals surface area contributed by atoms with Crippen LogP contribution in [0.1, 0.15) is 18.4 Å². The fourth-order valence-corrected chi connectivity index (χ4v) is 3.15. The third kappa shape index (κ3) is 7.04. The Hall–Kier alpha value is -1.70. The number of esters is 2. The molecular formula is C21H24Br2O5. The standard InChI is InChI=1S/C21H24Br2O5/c1-4-12-21(19(24)26-2,20(25)27-3)14-17(18(22)23)15-28-13-8-11-16-9-6-5-7-10-16/h4-11H,1,12-15H2,2-3H3/b11-8+. The molecule has 0 radical (unpaired) electrons. The maximum atomic E-state index is 12.4. The Balaban J connectivity index is 2.87. The minimum atomic E-state index is -1.52. The van der Waals surface area contributed by atoms with Crippen molar-refractivity contribution in [2.24, 2.45) is 5.41 Å². The van der Waals surface area contributed by atoms with Crippen LogP contribution in [0.5, 0.6) is 0 Å². The molecule has 1 aromatic carbocycles. The largest absolute Gasteiger partial charge is 0.468 e. The Morgan fingerprint density at radius 2 is 1.71 bits per heavy atom. The van der Waals surface area contributed by atoms with Gasteiger partial charge in [-0.3, -0.25) is 9.59 Å². The number of rotatable bonds is 11. The van der Waals surface area contributed by atoms with E-state index in [-0.39, 0.29) is 19.4 Å². The van der Waals surface area contributed by atoms with E-state index in [9.17, 15) is 9.59 Å². The minimum Gasteiger partial charge on any atom is -0.468 e. The smallest absolute Gasteiger partial charge is 0.323 e. The summed E-state index contributed by atoms with van der Waals surface area (Å²) in [5.74, 6) is -1.36. The first-order valence-corrected chi connectivity index (χ1v) is 10.1. The van der Waals surface area contributed by atoms with E-state index in [0.29, 0.717) is 15.6 Å². The van der Waals surface area contributed by atoms with Gasteiger partial charge in [0.2, 0.25) is 0 Å². The molecule has 1 aromatic rings. The zero-order valence-electron chi connectivity index (χ0n) is 16.0. The summed E-state index contributed by atoms with van der Waals surface area (Å²) in [6.07, 6.45) is 5.49. The molecule has 1 rings (SSSR count). The molecule has 7 heteroatoms. The summed E-state index contributed by atoms with van der Waals surface area (Å²) in [7, 11) is 2.47. The topological polar surface area (TPSA) is 61.8 Å². The van der Waals surface area contributed by atoms with E-state index in [4.69, 9.17) is 14.2 Å². The molecule has 0 saturated carbocycles. The summed E-state index contributed by atoms with van der Waals surface area (Å²) >= 11 is 6.72. The van der Waals surface area contributed by atoms with E-state index in [1.807, 2.05) is 42.5 Å². The maximum Gasteiger partial charge on any atom is 0.323 e. The van der Waals surface area contributed by atoms with Gasteiger partial charge >= 0.3 is 11.9 Å². The van der Waals surface area contributed by atoms with Crippen molar-refractivity contribution >= 4 is 49.9 Å². The number of hydrogen-bond acceptors (Lipinski definition) is 5. The molecule has 0 aliphatic carbocycles. The van der Waals surface area contributed by atoms with Crippen LogP contribution in [0.3, 0.4) is 0 Å². The van der Waals surface area contributed by atoms with Crippen LogP contribution in [0.25, 0.3) is 6.08 Å². The van der Waals surface area contributed by atoms with Crippen molar-refractivity contribution in [1.82, 2.24) is 0 Å². The molecule has 0 spiro atoms. The highest BCUT2D eigenvalue weighted by molar-refractivity contribution is 9.28. The van der Waals surface area contributed by atoms with Crippen molar-refractivity contribution in [3.05, 3.63) is 63.6 Å². The SMILES string of the molecule is C=CCC(CC(COC/C=C/c1ccccc1)=C(Br)Br)(C(=O)OC)C(=O)OC. The molecule has 152 valence electrons. The van der Waals surface area contributed by atoms with Gasteiger partial charge < -0.3 is 14.2 Å². The molecule has 0 atom stereocenters. The molecule has 0 aliphatic rings. The summed E-state index contributed by atoms with van der Waals surface area (Å²) in [6, 6.07) is 9.86. The van der Waals surface area contributed by atoms with E-state index in [2.05, 4.69) is 38.4 Å². The first-order chi connectivity index (χ1) is 13.4. The third-order valence-corrected chi connectivity index (χ3v) is 5.15. The van der Waals surface area contributed by atoms with Crippen molar-refractivity contribution < 1.29 is 23.8 Å². The van der Waals surface area contributed by atoms with Crippen LogP contribution in [0.4, 0.5) is 0 Å². The molecule has 0 bridgehead atoms. The number of allylic oxidation sites excluding steroid dienone is 1. The van der Waals surface area contributed by atoms with Crippen LogP contribution in [0, 0.1) is 5.41 Å². The lowest BCUT2D eigenvalue weighted by Crippen LogP contribution is -2.41. The number of carbonyl (C=O) groups is 2. The number of hydrogen-bond donors (Lipinski definition) is 0. The average molecular weight is 516 g/mol. The lowest BCUT2D eigenvalue weighted by atomic mass is 9.78. The van der Waals surface area contributed by atoms with E-state index >= 15 is 0 Å². The summed E-state index contributed by atoms with van der Waals surface area (Å²) in [4.78, 5) is 24.9. The van der Waals surface area contributed by atoms with Crippen molar-refractivity contribution in [3.63, 3.8) is 0 Å². The number of carbonyl (C=O) groups excluding carboxylic acids is 2. The second-order valence-electron chi connectivity index (χ2n) is 5.93. The highest BCUT2D eigenvalue weighted by atomic mass is 79.9. The first kappa shape index (κ1) is 24.3. The zero-order valence-corrected chi connectivity index (χ0v) is 19.1. The van der Waals surface area contributed by atoms with Crippen molar-refractivity contribution in [1.29, 1.82) is 0 Å². The molecular weight excluding hydrogens is 492 g/mol. The van der Waals surface area contributed by atoms with Gasteiger partial charge in [-0.25, -0.2) is 0 Å². The number of methoxy groups -OCH3 is 2. The van der Waals surface area contributed by atoms with Crippen LogP contribution in [0.15, 0.2) is 58.0 Å². The van der Waals surface area contributed by atoms with Crippen LogP contribution in [-0.4, -0.2) is 39.4 Å². The Bertz CT molecular complexity index is 706. The van der Waals surface area contributed by atoms with Crippen molar-refractivity contribution in [2.75, 3.05) is 27.4 Å². The fourth-order valence-electron chi connectivity index (χ4n) is 2.64. The summed E-state index contributed by atoms with van der Waals surface area (Å²) in [6.45, 7) is 4.23. The molecule has 0 aliphatic heterocycles. The summed E-state index contributed by atoms with van der Waals surface area (Å²) in [5, 5.41) is 0. The lowest BCUT2D eigenvalue weighted by Gasteiger charge is -2.28. The van der Waals surface area contributed by atoms with Gasteiger partial charge in [0.05, 0.1) is 30.8 Å². The van der Waals surface area contributed by atoms with E-state index in [0.717, 1.165) is 5.56 Å². The minimum absolute atomic E-state index is 0.0621. The van der Waals surface area contributed by atoms with Crippen molar-refractivity contribution in [2.45, 2.75) is 12.8 Å².